The van der Waals surface area contributed by atoms with Crippen molar-refractivity contribution in [1.29, 1.82) is 0 Å². The summed E-state index contributed by atoms with van der Waals surface area (Å²) in [5.74, 6) is 1.51. The molecule has 0 radical (unpaired) electrons. The zero-order valence-corrected chi connectivity index (χ0v) is 29.4. The molecular formula is C40H47N3O4S. The Balaban J connectivity index is 1.28. The van der Waals surface area contributed by atoms with Gasteiger partial charge in [0.25, 0.3) is 5.91 Å². The van der Waals surface area contributed by atoms with Crippen LogP contribution < -0.4 is 15.0 Å². The second-order valence-electron chi connectivity index (χ2n) is 12.6. The SMILES string of the molecule is CCCCOCCOc1ccc(-c2ccc3c(c2)C=C(C(=O)Nc2ccc(S(=O)Cc4cccc(C)n4)cc2)CCN3CC(C)C)cc1. The zero-order chi connectivity index (χ0) is 33.9. The number of rotatable bonds is 15. The molecule has 1 aliphatic heterocycles. The lowest BCUT2D eigenvalue weighted by Gasteiger charge is -2.27. The fraction of sp³-hybridized carbons (Fsp3) is 0.350. The Morgan fingerprint density at radius 1 is 0.958 bits per heavy atom. The summed E-state index contributed by atoms with van der Waals surface area (Å²) in [5.41, 5.74) is 7.41. The molecule has 7 nitrogen and oxygen atoms in total. The average Bonchev–Trinajstić information content (AvgIpc) is 3.25. The summed E-state index contributed by atoms with van der Waals surface area (Å²) in [5, 5.41) is 3.07. The summed E-state index contributed by atoms with van der Waals surface area (Å²) in [6, 6.07) is 27.6. The van der Waals surface area contributed by atoms with E-state index < -0.39 is 10.8 Å². The molecule has 1 unspecified atom stereocenters. The van der Waals surface area contributed by atoms with E-state index in [0.717, 1.165) is 77.6 Å². The molecular weight excluding hydrogens is 619 g/mol. The van der Waals surface area contributed by atoms with Gasteiger partial charge in [0.2, 0.25) is 0 Å². The number of ether oxygens (including phenoxy) is 2. The highest BCUT2D eigenvalue weighted by Crippen LogP contribution is 2.34. The maximum absolute atomic E-state index is 13.6. The Morgan fingerprint density at radius 2 is 1.73 bits per heavy atom. The molecule has 4 aromatic rings. The quantitative estimate of drug-likeness (QED) is 0.128. The second kappa shape index (κ2) is 17.2. The Kier molecular flexibility index (Phi) is 12.6. The van der Waals surface area contributed by atoms with E-state index in [2.05, 4.69) is 66.3 Å². The Bertz CT molecular complexity index is 1720. The van der Waals surface area contributed by atoms with E-state index in [-0.39, 0.29) is 5.91 Å². The molecule has 1 amide bonds. The second-order valence-corrected chi connectivity index (χ2v) is 14.1. The van der Waals surface area contributed by atoms with Crippen LogP contribution in [0.15, 0.2) is 95.4 Å². The van der Waals surface area contributed by atoms with Gasteiger partial charge in [-0.2, -0.15) is 0 Å². The van der Waals surface area contributed by atoms with Gasteiger partial charge in [0.15, 0.2) is 0 Å². The fourth-order valence-corrected chi connectivity index (χ4v) is 6.73. The van der Waals surface area contributed by atoms with Crippen molar-refractivity contribution in [3.8, 4) is 16.9 Å². The Labute approximate surface area is 287 Å². The molecule has 0 fully saturated rings. The van der Waals surface area contributed by atoms with Crippen molar-refractivity contribution in [3.05, 3.63) is 107 Å². The van der Waals surface area contributed by atoms with Gasteiger partial charge in [0, 0.05) is 47.2 Å². The van der Waals surface area contributed by atoms with E-state index in [1.165, 1.54) is 0 Å². The number of aromatic nitrogens is 1. The zero-order valence-electron chi connectivity index (χ0n) is 28.5. The summed E-state index contributed by atoms with van der Waals surface area (Å²) in [4.78, 5) is 21.2. The van der Waals surface area contributed by atoms with Crippen LogP contribution in [0, 0.1) is 12.8 Å². The standard InChI is InChI=1S/C40H47N3O4S/c1-5-6-22-46-23-24-47-37-15-10-31(11-16-37)32-12-19-39-34(25-32)26-33(20-21-43(39)27-29(2)3)40(44)42-35-13-17-38(18-14-35)48(45)28-36-9-7-8-30(4)41-36/h7-19,25-26,29H,5-6,20-24,27-28H2,1-4H3,(H,42,44). The highest BCUT2D eigenvalue weighted by atomic mass is 32.2. The van der Waals surface area contributed by atoms with Crippen molar-refractivity contribution in [1.82, 2.24) is 4.98 Å². The number of unbranched alkanes of at least 4 members (excludes halogenated alkanes) is 1. The highest BCUT2D eigenvalue weighted by molar-refractivity contribution is 7.84. The summed E-state index contributed by atoms with van der Waals surface area (Å²) in [6.45, 7) is 12.0. The molecule has 0 saturated heterocycles. The normalized spacial score (nSPS) is 13.4. The fourth-order valence-electron chi connectivity index (χ4n) is 5.69. The molecule has 1 aromatic heterocycles. The van der Waals surface area contributed by atoms with Crippen LogP contribution in [0.1, 0.15) is 57.0 Å². The number of nitrogens with one attached hydrogen (secondary N) is 1. The number of pyridine rings is 1. The smallest absolute Gasteiger partial charge is 0.251 e. The van der Waals surface area contributed by atoms with Crippen LogP contribution >= 0.6 is 0 Å². The first-order chi connectivity index (χ1) is 23.3. The summed E-state index contributed by atoms with van der Waals surface area (Å²) in [6.07, 6.45) is 4.85. The van der Waals surface area contributed by atoms with Gasteiger partial charge in [-0.15, -0.1) is 0 Å². The molecule has 0 saturated carbocycles. The van der Waals surface area contributed by atoms with Crippen molar-refractivity contribution in [2.24, 2.45) is 5.92 Å². The molecule has 1 N–H and O–H groups in total. The third-order valence-corrected chi connectivity index (χ3v) is 9.51. The number of carbonyl (C=O) groups is 1. The predicted molar refractivity (Wildman–Crippen MR) is 197 cm³/mol. The van der Waals surface area contributed by atoms with E-state index in [0.29, 0.717) is 41.9 Å². The number of fused-ring (bicyclic) bond motifs is 1. The lowest BCUT2D eigenvalue weighted by molar-refractivity contribution is -0.112. The maximum Gasteiger partial charge on any atom is 0.251 e. The van der Waals surface area contributed by atoms with Gasteiger partial charge in [-0.25, -0.2) is 0 Å². The number of hydrogen-bond acceptors (Lipinski definition) is 6. The molecule has 8 heteroatoms. The minimum Gasteiger partial charge on any atom is -0.491 e. The van der Waals surface area contributed by atoms with Crippen LogP contribution in [0.5, 0.6) is 5.75 Å². The predicted octanol–water partition coefficient (Wildman–Crippen LogP) is 8.45. The molecule has 5 rings (SSSR count). The van der Waals surface area contributed by atoms with E-state index in [4.69, 9.17) is 9.47 Å². The van der Waals surface area contributed by atoms with Gasteiger partial charge in [-0.05, 0) is 109 Å². The number of anilines is 2. The van der Waals surface area contributed by atoms with Crippen LogP contribution in [0.4, 0.5) is 11.4 Å². The van der Waals surface area contributed by atoms with Crippen LogP contribution in [0.25, 0.3) is 17.2 Å². The molecule has 2 heterocycles. The first-order valence-corrected chi connectivity index (χ1v) is 18.2. The van der Waals surface area contributed by atoms with E-state index in [1.807, 2.05) is 67.6 Å². The van der Waals surface area contributed by atoms with Crippen LogP contribution in [-0.4, -0.2) is 48.0 Å². The van der Waals surface area contributed by atoms with Crippen molar-refractivity contribution in [2.75, 3.05) is 43.1 Å². The Morgan fingerprint density at radius 3 is 2.46 bits per heavy atom. The average molecular weight is 666 g/mol. The number of nitrogens with zero attached hydrogens (tertiary/aromatic N) is 2. The topological polar surface area (TPSA) is 80.8 Å². The minimum atomic E-state index is -1.23. The first kappa shape index (κ1) is 35.0. The minimum absolute atomic E-state index is 0.129. The van der Waals surface area contributed by atoms with E-state index in [1.54, 1.807) is 0 Å². The molecule has 1 aliphatic rings. The summed E-state index contributed by atoms with van der Waals surface area (Å²) in [7, 11) is -1.23. The van der Waals surface area contributed by atoms with Crippen molar-refractivity contribution >= 4 is 34.2 Å². The van der Waals surface area contributed by atoms with Gasteiger partial charge in [-0.1, -0.05) is 51.5 Å². The number of benzene rings is 3. The summed E-state index contributed by atoms with van der Waals surface area (Å²) < 4.78 is 24.4. The molecule has 252 valence electrons. The van der Waals surface area contributed by atoms with Crippen molar-refractivity contribution < 1.29 is 18.5 Å². The van der Waals surface area contributed by atoms with Crippen LogP contribution in [-0.2, 0) is 26.1 Å². The van der Waals surface area contributed by atoms with E-state index in [9.17, 15) is 9.00 Å². The number of carbonyl (C=O) groups excluding carboxylic acids is 1. The third-order valence-electron chi connectivity index (χ3n) is 8.15. The molecule has 0 spiro atoms. The van der Waals surface area contributed by atoms with Gasteiger partial charge in [0.05, 0.1) is 28.9 Å². The van der Waals surface area contributed by atoms with Gasteiger partial charge in [0.1, 0.15) is 12.4 Å². The van der Waals surface area contributed by atoms with E-state index >= 15 is 0 Å². The van der Waals surface area contributed by atoms with Crippen LogP contribution in [0.2, 0.25) is 0 Å². The number of aryl methyl sites for hydroxylation is 1. The molecule has 1 atom stereocenters. The van der Waals surface area contributed by atoms with Crippen LogP contribution in [0.3, 0.4) is 0 Å². The van der Waals surface area contributed by atoms with Gasteiger partial charge < -0.3 is 19.7 Å². The maximum atomic E-state index is 13.6. The molecule has 3 aromatic carbocycles. The molecule has 48 heavy (non-hydrogen) atoms. The molecule has 0 aliphatic carbocycles. The lowest BCUT2D eigenvalue weighted by atomic mass is 10.00. The summed E-state index contributed by atoms with van der Waals surface area (Å²) >= 11 is 0. The van der Waals surface area contributed by atoms with Crippen molar-refractivity contribution in [3.63, 3.8) is 0 Å². The number of hydrogen-bond donors (Lipinski definition) is 1. The van der Waals surface area contributed by atoms with Gasteiger partial charge >= 0.3 is 0 Å². The largest absolute Gasteiger partial charge is 0.491 e. The van der Waals surface area contributed by atoms with Gasteiger partial charge in [-0.3, -0.25) is 14.0 Å². The lowest BCUT2D eigenvalue weighted by Crippen LogP contribution is -2.29. The first-order valence-electron chi connectivity index (χ1n) is 16.9. The van der Waals surface area contributed by atoms with Crippen molar-refractivity contribution in [2.45, 2.75) is 57.6 Å². The molecule has 0 bridgehead atoms. The highest BCUT2D eigenvalue weighted by Gasteiger charge is 2.21. The third kappa shape index (κ3) is 9.87. The number of amides is 1. The Hall–Kier alpha value is -4.27. The monoisotopic (exact) mass is 665 g/mol.